The van der Waals surface area contributed by atoms with Gasteiger partial charge in [0.05, 0.1) is 0 Å². The molecule has 5 heteroatoms. The minimum atomic E-state index is 0.447. The lowest BCUT2D eigenvalue weighted by Gasteiger charge is -1.94. The van der Waals surface area contributed by atoms with Crippen molar-refractivity contribution in [2.24, 2.45) is 0 Å². The fraction of sp³-hybridized carbons (Fsp3) is 0.100. The molecule has 2 aromatic heterocycles. The molecule has 76 valence electrons. The third kappa shape index (κ3) is 2.06. The summed E-state index contributed by atoms with van der Waals surface area (Å²) in [6.45, 7) is 1.87. The summed E-state index contributed by atoms with van der Waals surface area (Å²) in [6, 6.07) is 3.54. The molecule has 0 amide bonds. The number of aldehydes is 1. The number of carbonyl (C=O) groups is 1. The highest BCUT2D eigenvalue weighted by atomic mass is 35.5. The summed E-state index contributed by atoms with van der Waals surface area (Å²) >= 11 is 7.15. The quantitative estimate of drug-likeness (QED) is 0.597. The van der Waals surface area contributed by atoms with Gasteiger partial charge in [-0.1, -0.05) is 11.6 Å². The molecule has 0 bridgehead atoms. The Morgan fingerprint density at radius 2 is 2.27 bits per heavy atom. The van der Waals surface area contributed by atoms with E-state index < -0.39 is 0 Å². The Balaban J connectivity index is 2.45. The number of rotatable bonds is 2. The molecule has 0 aliphatic heterocycles. The van der Waals surface area contributed by atoms with Crippen molar-refractivity contribution in [1.29, 1.82) is 0 Å². The Labute approximate surface area is 95.8 Å². The zero-order chi connectivity index (χ0) is 10.8. The van der Waals surface area contributed by atoms with Gasteiger partial charge in [0.1, 0.15) is 15.9 Å². The molecule has 3 nitrogen and oxygen atoms in total. The van der Waals surface area contributed by atoms with Crippen molar-refractivity contribution in [3.8, 4) is 10.6 Å². The van der Waals surface area contributed by atoms with Gasteiger partial charge in [0.15, 0.2) is 6.29 Å². The maximum atomic E-state index is 10.6. The third-order valence-electron chi connectivity index (χ3n) is 1.92. The molecule has 0 N–H and O–H groups in total. The molecule has 0 saturated carbocycles. The van der Waals surface area contributed by atoms with Crippen molar-refractivity contribution < 1.29 is 4.79 Å². The number of hydrogen-bond acceptors (Lipinski definition) is 4. The summed E-state index contributed by atoms with van der Waals surface area (Å²) in [4.78, 5) is 19.7. The molecule has 2 rings (SSSR count). The van der Waals surface area contributed by atoms with Crippen molar-refractivity contribution >= 4 is 29.2 Å². The molecule has 2 heterocycles. The molecule has 0 unspecified atom stereocenters. The van der Waals surface area contributed by atoms with Gasteiger partial charge in [-0.3, -0.25) is 4.79 Å². The first kappa shape index (κ1) is 10.3. The molecule has 0 saturated heterocycles. The first-order valence-electron chi connectivity index (χ1n) is 4.25. The molecule has 15 heavy (non-hydrogen) atoms. The number of nitrogens with zero attached hydrogens (tertiary/aromatic N) is 2. The van der Waals surface area contributed by atoms with Crippen LogP contribution in [0.3, 0.4) is 0 Å². The Kier molecular flexibility index (Phi) is 2.79. The smallest absolute Gasteiger partial charge is 0.169 e. The van der Waals surface area contributed by atoms with E-state index in [9.17, 15) is 4.79 Å². The van der Waals surface area contributed by atoms with E-state index in [2.05, 4.69) is 9.97 Å². The Hall–Kier alpha value is -1.26. The van der Waals surface area contributed by atoms with Crippen LogP contribution in [0.5, 0.6) is 0 Å². The highest BCUT2D eigenvalue weighted by molar-refractivity contribution is 7.15. The van der Waals surface area contributed by atoms with E-state index in [4.69, 9.17) is 11.6 Å². The van der Waals surface area contributed by atoms with Crippen LogP contribution in [-0.4, -0.2) is 16.3 Å². The van der Waals surface area contributed by atoms with Gasteiger partial charge in [0.2, 0.25) is 0 Å². The Bertz CT molecular complexity index is 493. The van der Waals surface area contributed by atoms with E-state index in [-0.39, 0.29) is 0 Å². The number of thiazole rings is 1. The predicted molar refractivity (Wildman–Crippen MR) is 60.5 cm³/mol. The van der Waals surface area contributed by atoms with Crippen LogP contribution in [0.1, 0.15) is 15.4 Å². The van der Waals surface area contributed by atoms with Gasteiger partial charge in [-0.05, 0) is 19.1 Å². The second-order valence-corrected chi connectivity index (χ2v) is 4.54. The fourth-order valence-electron chi connectivity index (χ4n) is 1.14. The highest BCUT2D eigenvalue weighted by Crippen LogP contribution is 2.26. The van der Waals surface area contributed by atoms with E-state index in [1.165, 1.54) is 11.3 Å². The van der Waals surface area contributed by atoms with Crippen LogP contribution < -0.4 is 0 Å². The fourth-order valence-corrected chi connectivity index (χ4v) is 2.13. The van der Waals surface area contributed by atoms with Crippen molar-refractivity contribution in [2.45, 2.75) is 6.92 Å². The Morgan fingerprint density at radius 3 is 2.80 bits per heavy atom. The van der Waals surface area contributed by atoms with Gasteiger partial charge in [0.25, 0.3) is 0 Å². The number of carbonyl (C=O) groups excluding carboxylic acids is 1. The van der Waals surface area contributed by atoms with Crippen LogP contribution in [0.4, 0.5) is 0 Å². The topological polar surface area (TPSA) is 42.9 Å². The lowest BCUT2D eigenvalue weighted by Crippen LogP contribution is -1.83. The Morgan fingerprint density at radius 1 is 1.47 bits per heavy atom. The largest absolute Gasteiger partial charge is 0.296 e. The van der Waals surface area contributed by atoms with Crippen molar-refractivity contribution in [2.75, 3.05) is 0 Å². The van der Waals surface area contributed by atoms with Crippen LogP contribution in [0.15, 0.2) is 18.3 Å². The lowest BCUT2D eigenvalue weighted by atomic mass is 10.3. The maximum Gasteiger partial charge on any atom is 0.169 e. The molecule has 0 aliphatic carbocycles. The van der Waals surface area contributed by atoms with Crippen LogP contribution >= 0.6 is 22.9 Å². The van der Waals surface area contributed by atoms with E-state index >= 15 is 0 Å². The second kappa shape index (κ2) is 4.08. The van der Waals surface area contributed by atoms with E-state index in [0.717, 1.165) is 21.7 Å². The van der Waals surface area contributed by atoms with Gasteiger partial charge >= 0.3 is 0 Å². The summed E-state index contributed by atoms with van der Waals surface area (Å²) in [5.74, 6) is 0. The van der Waals surface area contributed by atoms with E-state index in [0.29, 0.717) is 10.8 Å². The van der Waals surface area contributed by atoms with Crippen molar-refractivity contribution in [3.63, 3.8) is 0 Å². The SMILES string of the molecule is Cc1sc(-c2ccc(Cl)nc2)nc1C=O. The molecule has 0 fully saturated rings. The van der Waals surface area contributed by atoms with Gasteiger partial charge in [-0.15, -0.1) is 11.3 Å². The molecule has 0 aliphatic rings. The number of aromatic nitrogens is 2. The predicted octanol–water partition coefficient (Wildman–Crippen LogP) is 2.98. The minimum Gasteiger partial charge on any atom is -0.296 e. The first-order valence-corrected chi connectivity index (χ1v) is 5.44. The van der Waals surface area contributed by atoms with Gasteiger partial charge in [-0.2, -0.15) is 0 Å². The van der Waals surface area contributed by atoms with Gasteiger partial charge in [0, 0.05) is 16.6 Å². The zero-order valence-electron chi connectivity index (χ0n) is 7.90. The summed E-state index contributed by atoms with van der Waals surface area (Å²) in [6.07, 6.45) is 2.41. The molecule has 0 radical (unpaired) electrons. The van der Waals surface area contributed by atoms with Crippen LogP contribution in [0.25, 0.3) is 10.6 Å². The molecular formula is C10H7ClN2OS. The van der Waals surface area contributed by atoms with Crippen LogP contribution in [0, 0.1) is 6.92 Å². The summed E-state index contributed by atoms with van der Waals surface area (Å²) in [5, 5.41) is 1.24. The number of halogens is 1. The standard InChI is InChI=1S/C10H7ClN2OS/c1-6-8(5-14)13-10(15-6)7-2-3-9(11)12-4-7/h2-5H,1H3. The van der Waals surface area contributed by atoms with Crippen LogP contribution in [0.2, 0.25) is 5.15 Å². The molecule has 0 aromatic carbocycles. The summed E-state index contributed by atoms with van der Waals surface area (Å²) in [5.41, 5.74) is 1.37. The van der Waals surface area contributed by atoms with Gasteiger partial charge < -0.3 is 0 Å². The van der Waals surface area contributed by atoms with Crippen molar-refractivity contribution in [3.05, 3.63) is 34.1 Å². The molecule has 0 atom stereocenters. The zero-order valence-corrected chi connectivity index (χ0v) is 9.47. The monoisotopic (exact) mass is 238 g/mol. The number of hydrogen-bond donors (Lipinski definition) is 0. The third-order valence-corrected chi connectivity index (χ3v) is 3.18. The average molecular weight is 239 g/mol. The number of aryl methyl sites for hydroxylation is 1. The van der Waals surface area contributed by atoms with E-state index in [1.54, 1.807) is 12.3 Å². The maximum absolute atomic E-state index is 10.6. The normalized spacial score (nSPS) is 10.3. The number of pyridine rings is 1. The van der Waals surface area contributed by atoms with E-state index in [1.807, 2.05) is 13.0 Å². The molecular weight excluding hydrogens is 232 g/mol. The second-order valence-electron chi connectivity index (χ2n) is 2.95. The minimum absolute atomic E-state index is 0.447. The van der Waals surface area contributed by atoms with Gasteiger partial charge in [-0.25, -0.2) is 9.97 Å². The molecule has 0 spiro atoms. The molecule has 2 aromatic rings. The lowest BCUT2D eigenvalue weighted by molar-refractivity contribution is 0.111. The van der Waals surface area contributed by atoms with Crippen LogP contribution in [-0.2, 0) is 0 Å². The van der Waals surface area contributed by atoms with Crippen molar-refractivity contribution in [1.82, 2.24) is 9.97 Å². The summed E-state index contributed by atoms with van der Waals surface area (Å²) in [7, 11) is 0. The average Bonchev–Trinajstić information content (AvgIpc) is 2.61. The summed E-state index contributed by atoms with van der Waals surface area (Å²) < 4.78 is 0. The highest BCUT2D eigenvalue weighted by Gasteiger charge is 2.08. The first-order chi connectivity index (χ1) is 7.20.